The van der Waals surface area contributed by atoms with Gasteiger partial charge in [0.25, 0.3) is 0 Å². The third kappa shape index (κ3) is 3.31. The molecule has 1 atom stereocenters. The predicted octanol–water partition coefficient (Wildman–Crippen LogP) is 3.48. The lowest BCUT2D eigenvalue weighted by Gasteiger charge is -2.28. The zero-order chi connectivity index (χ0) is 14.8. The molecule has 0 bridgehead atoms. The van der Waals surface area contributed by atoms with E-state index in [4.69, 9.17) is 4.74 Å². The van der Waals surface area contributed by atoms with Crippen LogP contribution in [0.4, 0.5) is 10.5 Å². The van der Waals surface area contributed by atoms with Crippen molar-refractivity contribution in [2.45, 2.75) is 45.3 Å². The second-order valence-corrected chi connectivity index (χ2v) is 6.17. The van der Waals surface area contributed by atoms with Crippen molar-refractivity contribution in [1.29, 1.82) is 0 Å². The molecular weight excluding hydrogens is 252 g/mol. The molecule has 0 saturated carbocycles. The van der Waals surface area contributed by atoms with Crippen molar-refractivity contribution in [3.05, 3.63) is 29.8 Å². The van der Waals surface area contributed by atoms with Gasteiger partial charge in [0, 0.05) is 12.6 Å². The van der Waals surface area contributed by atoms with Gasteiger partial charge in [0.2, 0.25) is 0 Å². The average Bonchev–Trinajstić information content (AvgIpc) is 2.55. The highest BCUT2D eigenvalue weighted by molar-refractivity contribution is 5.89. The van der Waals surface area contributed by atoms with Gasteiger partial charge in [0.1, 0.15) is 5.60 Å². The zero-order valence-corrected chi connectivity index (χ0v) is 12.8. The molecule has 1 unspecified atom stereocenters. The van der Waals surface area contributed by atoms with E-state index >= 15 is 0 Å². The summed E-state index contributed by atoms with van der Waals surface area (Å²) >= 11 is 0. The Labute approximate surface area is 121 Å². The first-order chi connectivity index (χ1) is 9.42. The van der Waals surface area contributed by atoms with Crippen LogP contribution in [0.15, 0.2) is 24.3 Å². The number of anilines is 1. The molecule has 1 aromatic carbocycles. The van der Waals surface area contributed by atoms with Crippen molar-refractivity contribution in [3.63, 3.8) is 0 Å². The summed E-state index contributed by atoms with van der Waals surface area (Å²) in [5.74, 6) is 0. The Morgan fingerprint density at radius 1 is 1.35 bits per heavy atom. The monoisotopic (exact) mass is 276 g/mol. The molecule has 0 fully saturated rings. The van der Waals surface area contributed by atoms with Crippen LogP contribution in [-0.4, -0.2) is 25.3 Å². The summed E-state index contributed by atoms with van der Waals surface area (Å²) in [6.45, 7) is 6.38. The second kappa shape index (κ2) is 5.83. The Morgan fingerprint density at radius 2 is 2.05 bits per heavy atom. The average molecular weight is 276 g/mol. The summed E-state index contributed by atoms with van der Waals surface area (Å²) in [6.07, 6.45) is 1.72. The maximum Gasteiger partial charge on any atom is 0.414 e. The van der Waals surface area contributed by atoms with Crippen molar-refractivity contribution in [2.24, 2.45) is 0 Å². The van der Waals surface area contributed by atoms with E-state index < -0.39 is 5.60 Å². The predicted molar refractivity (Wildman–Crippen MR) is 81.1 cm³/mol. The van der Waals surface area contributed by atoms with Crippen LogP contribution < -0.4 is 10.2 Å². The van der Waals surface area contributed by atoms with Crippen LogP contribution in [0.3, 0.4) is 0 Å². The molecule has 0 spiro atoms. The van der Waals surface area contributed by atoms with Crippen LogP contribution in [-0.2, 0) is 4.74 Å². The topological polar surface area (TPSA) is 41.6 Å². The molecule has 1 heterocycles. The number of amides is 1. The minimum absolute atomic E-state index is 0.262. The largest absolute Gasteiger partial charge is 0.443 e. The number of carbonyl (C=O) groups is 1. The molecule has 1 N–H and O–H groups in total. The van der Waals surface area contributed by atoms with Crippen molar-refractivity contribution in [1.82, 2.24) is 5.32 Å². The van der Waals surface area contributed by atoms with Crippen LogP contribution in [0, 0.1) is 0 Å². The fourth-order valence-corrected chi connectivity index (χ4v) is 2.56. The molecule has 0 aromatic heterocycles. The highest BCUT2D eigenvalue weighted by Gasteiger charge is 2.28. The third-order valence-corrected chi connectivity index (χ3v) is 3.44. The van der Waals surface area contributed by atoms with Gasteiger partial charge in [-0.1, -0.05) is 18.2 Å². The number of fused-ring (bicyclic) bond motifs is 1. The molecule has 1 amide bonds. The fourth-order valence-electron chi connectivity index (χ4n) is 2.56. The smallest absolute Gasteiger partial charge is 0.414 e. The van der Waals surface area contributed by atoms with Crippen LogP contribution in [0.1, 0.15) is 45.2 Å². The Morgan fingerprint density at radius 3 is 2.70 bits per heavy atom. The molecule has 0 radical (unpaired) electrons. The number of ether oxygens (including phenoxy) is 1. The van der Waals surface area contributed by atoms with Crippen LogP contribution >= 0.6 is 0 Å². The highest BCUT2D eigenvalue weighted by atomic mass is 16.6. The van der Waals surface area contributed by atoms with E-state index in [2.05, 4.69) is 11.4 Å². The molecule has 1 aliphatic rings. The van der Waals surface area contributed by atoms with E-state index in [9.17, 15) is 4.79 Å². The van der Waals surface area contributed by atoms with Crippen molar-refractivity contribution >= 4 is 11.8 Å². The summed E-state index contributed by atoms with van der Waals surface area (Å²) in [6, 6.07) is 8.35. The van der Waals surface area contributed by atoms with Crippen molar-refractivity contribution in [2.75, 3.05) is 18.5 Å². The van der Waals surface area contributed by atoms with E-state index in [1.807, 2.05) is 46.0 Å². The van der Waals surface area contributed by atoms with E-state index in [0.29, 0.717) is 12.6 Å². The summed E-state index contributed by atoms with van der Waals surface area (Å²) in [5, 5.41) is 3.33. The Balaban J connectivity index is 2.32. The zero-order valence-electron chi connectivity index (χ0n) is 12.8. The number of hydrogen-bond acceptors (Lipinski definition) is 3. The quantitative estimate of drug-likeness (QED) is 0.853. The van der Waals surface area contributed by atoms with Gasteiger partial charge >= 0.3 is 6.09 Å². The van der Waals surface area contributed by atoms with Gasteiger partial charge in [-0.05, 0) is 52.3 Å². The summed E-state index contributed by atoms with van der Waals surface area (Å²) < 4.78 is 5.53. The minimum Gasteiger partial charge on any atom is -0.443 e. The molecule has 4 nitrogen and oxygen atoms in total. The van der Waals surface area contributed by atoms with Crippen molar-refractivity contribution < 1.29 is 9.53 Å². The molecule has 0 saturated heterocycles. The number of rotatable bonds is 1. The number of carbonyl (C=O) groups excluding carboxylic acids is 1. The normalized spacial score (nSPS) is 19.2. The van der Waals surface area contributed by atoms with Gasteiger partial charge in [-0.15, -0.1) is 0 Å². The fraction of sp³-hybridized carbons (Fsp3) is 0.562. The van der Waals surface area contributed by atoms with Gasteiger partial charge in [0.15, 0.2) is 0 Å². The number of hydrogen-bond donors (Lipinski definition) is 1. The molecular formula is C16H24N2O2. The lowest BCUT2D eigenvalue weighted by Crippen LogP contribution is -2.37. The first-order valence-electron chi connectivity index (χ1n) is 7.19. The molecule has 2 rings (SSSR count). The Bertz CT molecular complexity index is 480. The van der Waals surface area contributed by atoms with Gasteiger partial charge in [-0.25, -0.2) is 4.79 Å². The summed E-state index contributed by atoms with van der Waals surface area (Å²) in [5.41, 5.74) is 1.65. The van der Waals surface area contributed by atoms with Crippen molar-refractivity contribution in [3.8, 4) is 0 Å². The van der Waals surface area contributed by atoms with Gasteiger partial charge in [0.05, 0.1) is 5.69 Å². The SMILES string of the molecule is CNC1CCCN(C(=O)OC(C)(C)C)c2ccccc21. The first-order valence-corrected chi connectivity index (χ1v) is 7.19. The van der Waals surface area contributed by atoms with E-state index in [1.54, 1.807) is 4.90 Å². The maximum absolute atomic E-state index is 12.4. The number of para-hydroxylation sites is 1. The van der Waals surface area contributed by atoms with Crippen LogP contribution in [0.2, 0.25) is 0 Å². The molecule has 4 heteroatoms. The Hall–Kier alpha value is -1.55. The lowest BCUT2D eigenvalue weighted by atomic mass is 10.0. The van der Waals surface area contributed by atoms with Crippen LogP contribution in [0.25, 0.3) is 0 Å². The molecule has 1 aliphatic heterocycles. The van der Waals surface area contributed by atoms with E-state index in [-0.39, 0.29) is 6.09 Å². The third-order valence-electron chi connectivity index (χ3n) is 3.44. The molecule has 0 aliphatic carbocycles. The van der Waals surface area contributed by atoms with E-state index in [0.717, 1.165) is 18.5 Å². The summed E-state index contributed by atoms with van der Waals surface area (Å²) in [7, 11) is 1.96. The van der Waals surface area contributed by atoms with Crippen LogP contribution in [0.5, 0.6) is 0 Å². The summed E-state index contributed by atoms with van der Waals surface area (Å²) in [4.78, 5) is 14.2. The highest BCUT2D eigenvalue weighted by Crippen LogP contribution is 2.33. The van der Waals surface area contributed by atoms with E-state index in [1.165, 1.54) is 5.56 Å². The number of nitrogens with zero attached hydrogens (tertiary/aromatic N) is 1. The van der Waals surface area contributed by atoms with Gasteiger partial charge < -0.3 is 10.1 Å². The van der Waals surface area contributed by atoms with Gasteiger partial charge in [-0.2, -0.15) is 0 Å². The molecule has 110 valence electrons. The lowest BCUT2D eigenvalue weighted by molar-refractivity contribution is 0.0580. The standard InChI is InChI=1S/C16H24N2O2/c1-16(2,3)20-15(19)18-11-7-9-13(17-4)12-8-5-6-10-14(12)18/h5-6,8,10,13,17H,7,9,11H2,1-4H3. The second-order valence-electron chi connectivity index (χ2n) is 6.17. The molecule has 20 heavy (non-hydrogen) atoms. The van der Waals surface area contributed by atoms with Gasteiger partial charge in [-0.3, -0.25) is 4.90 Å². The number of nitrogens with one attached hydrogen (secondary N) is 1. The maximum atomic E-state index is 12.4. The Kier molecular flexibility index (Phi) is 4.33. The minimum atomic E-state index is -0.471. The molecule has 1 aromatic rings. The first kappa shape index (κ1) is 14.9. The number of benzene rings is 1.